The van der Waals surface area contributed by atoms with E-state index in [1.165, 1.54) is 37.7 Å². The Bertz CT molecular complexity index is 995. The van der Waals surface area contributed by atoms with Gasteiger partial charge in [0.2, 0.25) is 0 Å². The maximum atomic E-state index is 12.5. The molecule has 0 saturated heterocycles. The number of nitrogens with one attached hydrogen (secondary N) is 2. The second-order valence-corrected chi connectivity index (χ2v) is 9.51. The molecule has 1 heterocycles. The number of rotatable bonds is 8. The number of carbonyl (C=O) groups is 1. The van der Waals surface area contributed by atoms with E-state index in [0.29, 0.717) is 22.9 Å². The van der Waals surface area contributed by atoms with Gasteiger partial charge in [-0.2, -0.15) is 0 Å². The molecule has 29 heavy (non-hydrogen) atoms. The topological polar surface area (TPSA) is 97.4 Å². The first-order chi connectivity index (χ1) is 13.9. The minimum atomic E-state index is -3.80. The Kier molecular flexibility index (Phi) is 6.92. The maximum absolute atomic E-state index is 12.5. The Labute approximate surface area is 175 Å². The summed E-state index contributed by atoms with van der Waals surface area (Å²) in [6.45, 7) is 2.26. The number of aryl methyl sites for hydroxylation is 1. The largest absolute Gasteiger partial charge is 0.497 e. The summed E-state index contributed by atoms with van der Waals surface area (Å²) < 4.78 is 32.6. The van der Waals surface area contributed by atoms with E-state index in [-0.39, 0.29) is 15.9 Å². The second kappa shape index (κ2) is 9.41. The van der Waals surface area contributed by atoms with Crippen molar-refractivity contribution in [2.24, 2.45) is 0 Å². The molecule has 9 heteroatoms. The summed E-state index contributed by atoms with van der Waals surface area (Å²) in [5, 5.41) is 3.07. The first-order valence-corrected chi connectivity index (χ1v) is 11.8. The molecule has 0 saturated carbocycles. The van der Waals surface area contributed by atoms with Crippen LogP contribution in [-0.4, -0.2) is 33.0 Å². The molecule has 2 N–H and O–H groups in total. The lowest BCUT2D eigenvalue weighted by molar-refractivity contribution is 0.0957. The highest BCUT2D eigenvalue weighted by Gasteiger charge is 2.20. The molecule has 2 aromatic rings. The highest BCUT2D eigenvalue weighted by molar-refractivity contribution is 7.93. The number of carbonyl (C=O) groups excluding carboxylic acids is 1. The molecule has 3 rings (SSSR count). The van der Waals surface area contributed by atoms with Crippen LogP contribution in [0.4, 0.5) is 5.13 Å². The molecule has 1 amide bonds. The number of methoxy groups -OCH3 is 1. The molecule has 1 aliphatic rings. The number of ether oxygens (including phenoxy) is 1. The van der Waals surface area contributed by atoms with Gasteiger partial charge < -0.3 is 10.1 Å². The van der Waals surface area contributed by atoms with Crippen LogP contribution in [0.25, 0.3) is 0 Å². The predicted octanol–water partition coefficient (Wildman–Crippen LogP) is 3.88. The minimum Gasteiger partial charge on any atom is -0.497 e. The third-order valence-corrected chi connectivity index (χ3v) is 7.27. The van der Waals surface area contributed by atoms with Crippen molar-refractivity contribution in [2.75, 3.05) is 18.4 Å². The number of hydrogen-bond donors (Lipinski definition) is 2. The molecule has 1 aliphatic carbocycles. The summed E-state index contributed by atoms with van der Waals surface area (Å²) in [6, 6.07) is 6.05. The van der Waals surface area contributed by atoms with Crippen molar-refractivity contribution in [3.63, 3.8) is 0 Å². The van der Waals surface area contributed by atoms with Crippen molar-refractivity contribution in [3.05, 3.63) is 46.5 Å². The zero-order valence-electron chi connectivity index (χ0n) is 16.5. The summed E-state index contributed by atoms with van der Waals surface area (Å²) in [5.41, 5.74) is 1.89. The molecule has 0 bridgehead atoms. The Hall–Kier alpha value is -2.39. The van der Waals surface area contributed by atoms with Crippen LogP contribution in [-0.2, 0) is 10.0 Å². The number of aromatic nitrogens is 1. The van der Waals surface area contributed by atoms with Gasteiger partial charge in [0.15, 0.2) is 5.13 Å². The van der Waals surface area contributed by atoms with Gasteiger partial charge in [-0.1, -0.05) is 23.0 Å². The van der Waals surface area contributed by atoms with Gasteiger partial charge >= 0.3 is 0 Å². The molecule has 0 fully saturated rings. The molecule has 156 valence electrons. The number of allylic oxidation sites excluding steroid dienone is 1. The van der Waals surface area contributed by atoms with E-state index in [1.807, 2.05) is 0 Å². The third-order valence-electron chi connectivity index (χ3n) is 4.71. The zero-order chi connectivity index (χ0) is 20.9. The minimum absolute atomic E-state index is 0.0953. The molecule has 0 atom stereocenters. The van der Waals surface area contributed by atoms with Gasteiger partial charge in [0, 0.05) is 6.54 Å². The maximum Gasteiger partial charge on any atom is 0.263 e. The summed E-state index contributed by atoms with van der Waals surface area (Å²) in [5.74, 6) is 0.336. The first kappa shape index (κ1) is 21.3. The summed E-state index contributed by atoms with van der Waals surface area (Å²) in [6.07, 6.45) is 7.79. The van der Waals surface area contributed by atoms with Gasteiger partial charge in [0.05, 0.1) is 17.7 Å². The van der Waals surface area contributed by atoms with Gasteiger partial charge in [0.1, 0.15) is 10.6 Å². The third kappa shape index (κ3) is 5.57. The molecular formula is C20H25N3O4S2. The van der Waals surface area contributed by atoms with Crippen LogP contribution >= 0.6 is 11.3 Å². The lowest BCUT2D eigenvalue weighted by Crippen LogP contribution is -2.24. The average molecular weight is 436 g/mol. The van der Waals surface area contributed by atoms with Gasteiger partial charge in [-0.05, 0) is 63.3 Å². The van der Waals surface area contributed by atoms with Crippen LogP contribution in [0.1, 0.15) is 47.5 Å². The van der Waals surface area contributed by atoms with Crippen LogP contribution in [0.2, 0.25) is 0 Å². The average Bonchev–Trinajstić information content (AvgIpc) is 3.08. The van der Waals surface area contributed by atoms with Crippen LogP contribution < -0.4 is 14.8 Å². The van der Waals surface area contributed by atoms with Gasteiger partial charge in [0.25, 0.3) is 15.9 Å². The number of sulfonamides is 1. The summed E-state index contributed by atoms with van der Waals surface area (Å²) in [7, 11) is -2.28. The van der Waals surface area contributed by atoms with Crippen molar-refractivity contribution in [1.82, 2.24) is 10.3 Å². The van der Waals surface area contributed by atoms with E-state index in [1.54, 1.807) is 19.1 Å². The normalized spacial score (nSPS) is 14.2. The lowest BCUT2D eigenvalue weighted by Gasteiger charge is -2.12. The van der Waals surface area contributed by atoms with E-state index in [2.05, 4.69) is 21.1 Å². The van der Waals surface area contributed by atoms with Gasteiger partial charge in [-0.3, -0.25) is 9.52 Å². The van der Waals surface area contributed by atoms with E-state index < -0.39 is 10.0 Å². The predicted molar refractivity (Wildman–Crippen MR) is 114 cm³/mol. The second-order valence-electron chi connectivity index (χ2n) is 6.83. The Morgan fingerprint density at radius 1 is 1.24 bits per heavy atom. The Balaban J connectivity index is 1.62. The molecule has 0 spiro atoms. The molecule has 0 radical (unpaired) electrons. The monoisotopic (exact) mass is 435 g/mol. The van der Waals surface area contributed by atoms with Crippen molar-refractivity contribution >= 4 is 32.4 Å². The zero-order valence-corrected chi connectivity index (χ0v) is 18.2. The number of benzene rings is 1. The molecule has 1 aromatic carbocycles. The van der Waals surface area contributed by atoms with Crippen molar-refractivity contribution in [2.45, 2.75) is 43.9 Å². The fourth-order valence-electron chi connectivity index (χ4n) is 3.13. The molecular weight excluding hydrogens is 410 g/mol. The summed E-state index contributed by atoms with van der Waals surface area (Å²) in [4.78, 5) is 17.2. The molecule has 7 nitrogen and oxygen atoms in total. The van der Waals surface area contributed by atoms with Crippen molar-refractivity contribution < 1.29 is 17.9 Å². The quantitative estimate of drug-likeness (QED) is 0.613. The smallest absolute Gasteiger partial charge is 0.263 e. The Morgan fingerprint density at radius 2 is 2.00 bits per heavy atom. The van der Waals surface area contributed by atoms with Crippen molar-refractivity contribution in [1.29, 1.82) is 0 Å². The van der Waals surface area contributed by atoms with Gasteiger partial charge in [-0.15, -0.1) is 0 Å². The van der Waals surface area contributed by atoms with Crippen molar-refractivity contribution in [3.8, 4) is 5.75 Å². The fourth-order valence-corrected chi connectivity index (χ4v) is 5.25. The number of thiazole rings is 1. The summed E-state index contributed by atoms with van der Waals surface area (Å²) >= 11 is 1.03. The molecule has 1 aromatic heterocycles. The van der Waals surface area contributed by atoms with E-state index in [0.717, 1.165) is 30.6 Å². The SMILES string of the molecule is COc1ccc(S(=O)(=O)Nc2nc(C)c(C(=O)NCCC3=CCCCC3)s2)cc1. The number of hydrogen-bond acceptors (Lipinski definition) is 6. The van der Waals surface area contributed by atoms with E-state index in [9.17, 15) is 13.2 Å². The highest BCUT2D eigenvalue weighted by atomic mass is 32.2. The van der Waals surface area contributed by atoms with E-state index >= 15 is 0 Å². The lowest BCUT2D eigenvalue weighted by atomic mass is 9.97. The molecule has 0 unspecified atom stereocenters. The number of amides is 1. The first-order valence-electron chi connectivity index (χ1n) is 9.49. The van der Waals surface area contributed by atoms with Crippen LogP contribution in [0, 0.1) is 6.92 Å². The van der Waals surface area contributed by atoms with Gasteiger partial charge in [-0.25, -0.2) is 13.4 Å². The van der Waals surface area contributed by atoms with Crippen LogP contribution in [0.3, 0.4) is 0 Å². The van der Waals surface area contributed by atoms with E-state index in [4.69, 9.17) is 4.74 Å². The fraction of sp³-hybridized carbons (Fsp3) is 0.400. The highest BCUT2D eigenvalue weighted by Crippen LogP contribution is 2.26. The standard InChI is InChI=1S/C20H25N3O4S2/c1-14-18(19(24)21-13-12-15-6-4-3-5-7-15)28-20(22-14)23-29(25,26)17-10-8-16(27-2)9-11-17/h6,8-11H,3-5,7,12-13H2,1-2H3,(H,21,24)(H,22,23). The Morgan fingerprint density at radius 3 is 2.66 bits per heavy atom. The number of anilines is 1. The number of nitrogens with zero attached hydrogens (tertiary/aromatic N) is 1. The molecule has 0 aliphatic heterocycles. The van der Waals surface area contributed by atoms with Crippen LogP contribution in [0.15, 0.2) is 40.8 Å². The van der Waals surface area contributed by atoms with Crippen LogP contribution in [0.5, 0.6) is 5.75 Å².